The third kappa shape index (κ3) is 2.38. The molecule has 3 nitrogen and oxygen atoms in total. The average molecular weight is 249 g/mol. The second-order valence-corrected chi connectivity index (χ2v) is 4.68. The van der Waals surface area contributed by atoms with E-state index < -0.39 is 0 Å². The Bertz CT molecular complexity index is 397. The predicted octanol–water partition coefficient (Wildman–Crippen LogP) is 2.57. The molecule has 2 aliphatic heterocycles. The fourth-order valence-corrected chi connectivity index (χ4v) is 2.91. The summed E-state index contributed by atoms with van der Waals surface area (Å²) < 4.78 is 6.05. The lowest BCUT2D eigenvalue weighted by atomic mass is 9.80. The van der Waals surface area contributed by atoms with Crippen LogP contribution in [0.15, 0.2) is 18.2 Å². The van der Waals surface area contributed by atoms with Gasteiger partial charge in [0, 0.05) is 0 Å². The van der Waals surface area contributed by atoms with E-state index in [1.165, 1.54) is 11.1 Å². The summed E-state index contributed by atoms with van der Waals surface area (Å²) in [5.41, 5.74) is 2.46. The van der Waals surface area contributed by atoms with Crippen LogP contribution in [0.5, 0.6) is 5.75 Å². The number of nitrogens with one attached hydrogen (secondary N) is 1. The number of aromatic hydroxyl groups is 1. The standard InChI is InChI=1S/C13H17NO2.C2H6/c15-11-1-2-12-10(9-11)3-8-16-13(12)4-6-14-7-5-13;1-2/h1-2,9,14-15H,3-8H2;1-2H3. The topological polar surface area (TPSA) is 41.5 Å². The van der Waals surface area contributed by atoms with E-state index in [9.17, 15) is 5.11 Å². The lowest BCUT2D eigenvalue weighted by molar-refractivity contribution is -0.0802. The Hall–Kier alpha value is -1.06. The van der Waals surface area contributed by atoms with Crippen molar-refractivity contribution in [3.63, 3.8) is 0 Å². The van der Waals surface area contributed by atoms with E-state index in [-0.39, 0.29) is 5.60 Å². The second-order valence-electron chi connectivity index (χ2n) is 4.68. The Kier molecular flexibility index (Phi) is 4.25. The van der Waals surface area contributed by atoms with Gasteiger partial charge in [0.05, 0.1) is 12.2 Å². The van der Waals surface area contributed by atoms with Crippen LogP contribution in [0.2, 0.25) is 0 Å². The molecule has 1 aromatic rings. The van der Waals surface area contributed by atoms with Crippen molar-refractivity contribution in [2.24, 2.45) is 0 Å². The average Bonchev–Trinajstić information content (AvgIpc) is 2.42. The summed E-state index contributed by atoms with van der Waals surface area (Å²) in [5, 5.41) is 12.9. The highest BCUT2D eigenvalue weighted by Crippen LogP contribution is 2.40. The largest absolute Gasteiger partial charge is 0.508 e. The Labute approximate surface area is 109 Å². The zero-order valence-electron chi connectivity index (χ0n) is 11.3. The normalized spacial score (nSPS) is 20.8. The van der Waals surface area contributed by atoms with E-state index in [1.54, 1.807) is 6.07 Å². The quantitative estimate of drug-likeness (QED) is 0.742. The molecule has 0 aromatic heterocycles. The van der Waals surface area contributed by atoms with Crippen molar-refractivity contribution in [1.29, 1.82) is 0 Å². The number of piperidine rings is 1. The molecule has 2 aliphatic rings. The maximum absolute atomic E-state index is 9.52. The van der Waals surface area contributed by atoms with E-state index in [1.807, 2.05) is 26.0 Å². The van der Waals surface area contributed by atoms with Gasteiger partial charge in [-0.05, 0) is 55.6 Å². The molecule has 100 valence electrons. The molecule has 0 saturated carbocycles. The molecule has 0 unspecified atom stereocenters. The van der Waals surface area contributed by atoms with Crippen molar-refractivity contribution in [3.8, 4) is 5.75 Å². The first-order valence-corrected chi connectivity index (χ1v) is 6.97. The van der Waals surface area contributed by atoms with Crippen LogP contribution in [0.4, 0.5) is 0 Å². The van der Waals surface area contributed by atoms with E-state index in [4.69, 9.17) is 4.74 Å². The van der Waals surface area contributed by atoms with Crippen LogP contribution in [0.1, 0.15) is 37.8 Å². The predicted molar refractivity (Wildman–Crippen MR) is 72.9 cm³/mol. The molecule has 0 radical (unpaired) electrons. The Morgan fingerprint density at radius 2 is 1.94 bits per heavy atom. The van der Waals surface area contributed by atoms with Crippen molar-refractivity contribution in [3.05, 3.63) is 29.3 Å². The minimum atomic E-state index is -0.0907. The van der Waals surface area contributed by atoms with E-state index in [0.29, 0.717) is 5.75 Å². The van der Waals surface area contributed by atoms with Gasteiger partial charge in [0.2, 0.25) is 0 Å². The molecular weight excluding hydrogens is 226 g/mol. The van der Waals surface area contributed by atoms with Crippen LogP contribution >= 0.6 is 0 Å². The molecule has 0 amide bonds. The molecule has 0 bridgehead atoms. The Morgan fingerprint density at radius 1 is 1.22 bits per heavy atom. The van der Waals surface area contributed by atoms with Crippen molar-refractivity contribution >= 4 is 0 Å². The van der Waals surface area contributed by atoms with Crippen LogP contribution in [0.3, 0.4) is 0 Å². The fraction of sp³-hybridized carbons (Fsp3) is 0.600. The molecule has 0 aliphatic carbocycles. The summed E-state index contributed by atoms with van der Waals surface area (Å²) >= 11 is 0. The van der Waals surface area contributed by atoms with Gasteiger partial charge in [-0.25, -0.2) is 0 Å². The van der Waals surface area contributed by atoms with Gasteiger partial charge in [-0.3, -0.25) is 0 Å². The molecule has 1 saturated heterocycles. The van der Waals surface area contributed by atoms with Gasteiger partial charge in [0.15, 0.2) is 0 Å². The Balaban J connectivity index is 0.000000574. The maximum atomic E-state index is 9.52. The summed E-state index contributed by atoms with van der Waals surface area (Å²) in [7, 11) is 0. The fourth-order valence-electron chi connectivity index (χ4n) is 2.91. The summed E-state index contributed by atoms with van der Waals surface area (Å²) in [4.78, 5) is 0. The van der Waals surface area contributed by atoms with Gasteiger partial charge in [-0.1, -0.05) is 19.9 Å². The number of ether oxygens (including phenoxy) is 1. The molecule has 3 heteroatoms. The Morgan fingerprint density at radius 3 is 2.67 bits per heavy atom. The minimum absolute atomic E-state index is 0.0907. The first-order valence-electron chi connectivity index (χ1n) is 6.97. The van der Waals surface area contributed by atoms with Gasteiger partial charge in [0.25, 0.3) is 0 Å². The van der Waals surface area contributed by atoms with Gasteiger partial charge < -0.3 is 15.2 Å². The number of hydrogen-bond donors (Lipinski definition) is 2. The first-order chi connectivity index (χ1) is 8.80. The highest BCUT2D eigenvalue weighted by molar-refractivity contribution is 5.40. The number of fused-ring (bicyclic) bond motifs is 2. The zero-order valence-corrected chi connectivity index (χ0v) is 11.3. The smallest absolute Gasteiger partial charge is 0.115 e. The van der Waals surface area contributed by atoms with E-state index >= 15 is 0 Å². The van der Waals surface area contributed by atoms with Crippen LogP contribution in [0.25, 0.3) is 0 Å². The van der Waals surface area contributed by atoms with Gasteiger partial charge in [-0.2, -0.15) is 0 Å². The van der Waals surface area contributed by atoms with Gasteiger partial charge in [-0.15, -0.1) is 0 Å². The van der Waals surface area contributed by atoms with Gasteiger partial charge in [0.1, 0.15) is 5.75 Å². The third-order valence-electron chi connectivity index (χ3n) is 3.74. The molecule has 0 atom stereocenters. The molecule has 2 heterocycles. The minimum Gasteiger partial charge on any atom is -0.508 e. The highest BCUT2D eigenvalue weighted by atomic mass is 16.5. The summed E-state index contributed by atoms with van der Waals surface area (Å²) in [6, 6.07) is 5.70. The number of phenolic OH excluding ortho intramolecular Hbond substituents is 1. The summed E-state index contributed by atoms with van der Waals surface area (Å²) in [5.74, 6) is 0.365. The molecule has 18 heavy (non-hydrogen) atoms. The lowest BCUT2D eigenvalue weighted by Crippen LogP contribution is -2.44. The van der Waals surface area contributed by atoms with Crippen molar-refractivity contribution < 1.29 is 9.84 Å². The SMILES string of the molecule is CC.Oc1ccc2c(c1)CCOC21CCNCC1. The molecule has 2 N–H and O–H groups in total. The number of hydrogen-bond acceptors (Lipinski definition) is 3. The lowest BCUT2D eigenvalue weighted by Gasteiger charge is -2.42. The van der Waals surface area contributed by atoms with Crippen molar-refractivity contribution in [1.82, 2.24) is 5.32 Å². The van der Waals surface area contributed by atoms with Crippen LogP contribution in [-0.2, 0) is 16.8 Å². The van der Waals surface area contributed by atoms with Crippen molar-refractivity contribution in [2.75, 3.05) is 19.7 Å². The molecule has 3 rings (SSSR count). The third-order valence-corrected chi connectivity index (χ3v) is 3.74. The van der Waals surface area contributed by atoms with Gasteiger partial charge >= 0.3 is 0 Å². The number of rotatable bonds is 0. The van der Waals surface area contributed by atoms with Crippen molar-refractivity contribution in [2.45, 2.75) is 38.7 Å². The molecular formula is C15H23NO2. The van der Waals surface area contributed by atoms with Crippen LogP contribution < -0.4 is 5.32 Å². The summed E-state index contributed by atoms with van der Waals surface area (Å²) in [6.45, 7) is 6.80. The van der Waals surface area contributed by atoms with Crippen LogP contribution in [-0.4, -0.2) is 24.8 Å². The number of benzene rings is 1. The first kappa shape index (κ1) is 13.4. The second kappa shape index (κ2) is 5.72. The van der Waals surface area contributed by atoms with E-state index in [2.05, 4.69) is 5.32 Å². The van der Waals surface area contributed by atoms with Crippen LogP contribution in [0, 0.1) is 0 Å². The summed E-state index contributed by atoms with van der Waals surface area (Å²) in [6.07, 6.45) is 2.98. The monoisotopic (exact) mass is 249 g/mol. The highest BCUT2D eigenvalue weighted by Gasteiger charge is 2.38. The van der Waals surface area contributed by atoms with E-state index in [0.717, 1.165) is 39.0 Å². The zero-order chi connectivity index (χ0) is 13.0. The molecule has 1 spiro atoms. The molecule has 1 fully saturated rings. The number of phenols is 1. The molecule has 1 aromatic carbocycles. The maximum Gasteiger partial charge on any atom is 0.115 e.